The van der Waals surface area contributed by atoms with Crippen LogP contribution in [0.5, 0.6) is 0 Å². The summed E-state index contributed by atoms with van der Waals surface area (Å²) in [6.07, 6.45) is -1.46. The number of hydrogen-bond donors (Lipinski definition) is 2. The van der Waals surface area contributed by atoms with Crippen molar-refractivity contribution in [2.45, 2.75) is 31.3 Å². The smallest absolute Gasteiger partial charge is 0.273 e. The fraction of sp³-hybridized carbons (Fsp3) is 0.267. The molecular formula is C30H26F2N6O3S. The van der Waals surface area contributed by atoms with E-state index >= 15 is 8.78 Å². The Bertz CT molecular complexity index is 1800. The lowest BCUT2D eigenvalue weighted by Crippen LogP contribution is -2.40. The van der Waals surface area contributed by atoms with E-state index in [0.29, 0.717) is 33.3 Å². The number of aliphatic hydroxyl groups is 2. The van der Waals surface area contributed by atoms with E-state index in [1.54, 1.807) is 52.9 Å². The molecule has 0 radical (unpaired) electrons. The highest BCUT2D eigenvalue weighted by Crippen LogP contribution is 2.38. The molecule has 0 unspecified atom stereocenters. The number of nitrogens with zero attached hydrogens (tertiary/aromatic N) is 6. The van der Waals surface area contributed by atoms with Gasteiger partial charge in [0.15, 0.2) is 5.65 Å². The SMILES string of the molecule is C[C@@H]1c2ccccc2[C@@H](F)CN1C(=O)c1cc(-c2nccs2)n2nc(-c3ccc(N4C[C@@H](O)[C@H](O)C4)cc3F)cc2n1. The van der Waals surface area contributed by atoms with E-state index in [1.165, 1.54) is 26.8 Å². The first-order valence-electron chi connectivity index (χ1n) is 13.5. The monoisotopic (exact) mass is 588 g/mol. The molecule has 9 nitrogen and oxygen atoms in total. The zero-order valence-corrected chi connectivity index (χ0v) is 23.2. The molecule has 2 aromatic carbocycles. The summed E-state index contributed by atoms with van der Waals surface area (Å²) in [5, 5.41) is 26.8. The molecule has 3 aromatic heterocycles. The number of anilines is 1. The Kier molecular flexibility index (Phi) is 6.48. The quantitative estimate of drug-likeness (QED) is 0.320. The van der Waals surface area contributed by atoms with Crippen LogP contribution in [0.2, 0.25) is 0 Å². The van der Waals surface area contributed by atoms with Crippen LogP contribution in [0.1, 0.15) is 40.8 Å². The van der Waals surface area contributed by atoms with Gasteiger partial charge in [0.2, 0.25) is 0 Å². The van der Waals surface area contributed by atoms with Crippen LogP contribution >= 0.6 is 11.3 Å². The molecule has 0 aliphatic carbocycles. The van der Waals surface area contributed by atoms with Crippen LogP contribution in [-0.4, -0.2) is 72.4 Å². The fourth-order valence-electron chi connectivity index (χ4n) is 5.79. The number of hydrogen-bond acceptors (Lipinski definition) is 8. The molecule has 0 saturated carbocycles. The van der Waals surface area contributed by atoms with Crippen molar-refractivity contribution in [1.29, 1.82) is 0 Å². The van der Waals surface area contributed by atoms with Gasteiger partial charge in [-0.2, -0.15) is 5.10 Å². The molecular weight excluding hydrogens is 562 g/mol. The number of aromatic nitrogens is 4. The van der Waals surface area contributed by atoms with E-state index in [1.807, 2.05) is 19.1 Å². The lowest BCUT2D eigenvalue weighted by Gasteiger charge is -2.36. The van der Waals surface area contributed by atoms with Crippen LogP contribution in [0, 0.1) is 5.82 Å². The maximum Gasteiger partial charge on any atom is 0.273 e. The second-order valence-electron chi connectivity index (χ2n) is 10.6. The third-order valence-electron chi connectivity index (χ3n) is 8.02. The number of β-amino-alcohol motifs (C(OH)–C–C–N with tert-alkyl or cyclic N) is 2. The molecule has 12 heteroatoms. The van der Waals surface area contributed by atoms with Crippen molar-refractivity contribution >= 4 is 28.6 Å². The van der Waals surface area contributed by atoms with Gasteiger partial charge in [-0.25, -0.2) is 23.3 Å². The molecule has 1 fully saturated rings. The Hall–Kier alpha value is -4.26. The zero-order chi connectivity index (χ0) is 29.1. The highest BCUT2D eigenvalue weighted by Gasteiger charge is 2.35. The van der Waals surface area contributed by atoms with Gasteiger partial charge >= 0.3 is 0 Å². The van der Waals surface area contributed by atoms with E-state index in [0.717, 1.165) is 5.56 Å². The molecule has 2 N–H and O–H groups in total. The zero-order valence-electron chi connectivity index (χ0n) is 22.4. The van der Waals surface area contributed by atoms with E-state index in [-0.39, 0.29) is 36.9 Å². The summed E-state index contributed by atoms with van der Waals surface area (Å²) in [6, 6.07) is 14.7. The van der Waals surface area contributed by atoms with E-state index < -0.39 is 30.1 Å². The molecule has 7 rings (SSSR count). The van der Waals surface area contributed by atoms with Crippen LogP contribution < -0.4 is 4.90 Å². The van der Waals surface area contributed by atoms with Crippen LogP contribution in [-0.2, 0) is 0 Å². The fourth-order valence-corrected chi connectivity index (χ4v) is 6.42. The third-order valence-corrected chi connectivity index (χ3v) is 8.82. The Morgan fingerprint density at radius 1 is 1.02 bits per heavy atom. The summed E-state index contributed by atoms with van der Waals surface area (Å²) >= 11 is 1.36. The lowest BCUT2D eigenvalue weighted by molar-refractivity contribution is 0.0572. The van der Waals surface area contributed by atoms with Gasteiger partial charge in [-0.05, 0) is 42.3 Å². The molecule has 214 valence electrons. The second kappa shape index (κ2) is 10.2. The van der Waals surface area contributed by atoms with Gasteiger partial charge < -0.3 is 20.0 Å². The maximum absolute atomic E-state index is 15.4. The van der Waals surface area contributed by atoms with Gasteiger partial charge in [0.1, 0.15) is 28.4 Å². The summed E-state index contributed by atoms with van der Waals surface area (Å²) < 4.78 is 32.1. The predicted octanol–water partition coefficient (Wildman–Crippen LogP) is 4.43. The van der Waals surface area contributed by atoms with E-state index in [2.05, 4.69) is 15.1 Å². The van der Waals surface area contributed by atoms with Crippen molar-refractivity contribution in [2.24, 2.45) is 0 Å². The first kappa shape index (κ1) is 26.6. The third kappa shape index (κ3) is 4.42. The summed E-state index contributed by atoms with van der Waals surface area (Å²) in [7, 11) is 0. The standard InChI is InChI=1S/C30H26F2N6O3S/c1-16-18-4-2-3-5-19(18)22(32)13-37(16)30(41)24-11-25(29-33-8-9-42-29)38-28(34-24)12-23(35-38)20-7-6-17(10-21(20)31)36-14-26(39)27(40)15-36/h2-12,16,22,26-27,39-40H,13-15H2,1H3/t16-,22+,26-,27-/m1/s1. The first-order valence-corrected chi connectivity index (χ1v) is 14.4. The topological polar surface area (TPSA) is 107 Å². The number of amides is 1. The van der Waals surface area contributed by atoms with Gasteiger partial charge in [-0.15, -0.1) is 11.3 Å². The molecule has 1 amide bonds. The summed E-state index contributed by atoms with van der Waals surface area (Å²) in [4.78, 5) is 26.0. The maximum atomic E-state index is 15.4. The van der Waals surface area contributed by atoms with Crippen molar-refractivity contribution in [3.63, 3.8) is 0 Å². The number of carbonyl (C=O) groups excluding carboxylic acids is 1. The van der Waals surface area contributed by atoms with Crippen molar-refractivity contribution in [3.8, 4) is 22.0 Å². The number of benzene rings is 2. The molecule has 1 saturated heterocycles. The average molecular weight is 589 g/mol. The van der Waals surface area contributed by atoms with Gasteiger partial charge in [0, 0.05) is 42.0 Å². The first-order chi connectivity index (χ1) is 20.3. The molecule has 5 aromatic rings. The van der Waals surface area contributed by atoms with Crippen molar-refractivity contribution in [1.82, 2.24) is 24.5 Å². The lowest BCUT2D eigenvalue weighted by atomic mass is 9.92. The summed E-state index contributed by atoms with van der Waals surface area (Å²) in [6.45, 7) is 2.19. The highest BCUT2D eigenvalue weighted by molar-refractivity contribution is 7.13. The number of aliphatic hydroxyl groups excluding tert-OH is 2. The Balaban J connectivity index is 1.27. The molecule has 2 aliphatic rings. The molecule has 2 aliphatic heterocycles. The van der Waals surface area contributed by atoms with Crippen LogP contribution in [0.3, 0.4) is 0 Å². The number of rotatable bonds is 4. The highest BCUT2D eigenvalue weighted by atomic mass is 32.1. The Labute approximate surface area is 243 Å². The largest absolute Gasteiger partial charge is 0.389 e. The van der Waals surface area contributed by atoms with Crippen molar-refractivity contribution < 1.29 is 23.8 Å². The summed E-state index contributed by atoms with van der Waals surface area (Å²) in [5.74, 6) is -0.957. The van der Waals surface area contributed by atoms with Gasteiger partial charge in [-0.1, -0.05) is 24.3 Å². The number of fused-ring (bicyclic) bond motifs is 2. The van der Waals surface area contributed by atoms with Crippen molar-refractivity contribution in [3.05, 3.63) is 88.8 Å². The molecule has 0 spiro atoms. The molecule has 0 bridgehead atoms. The number of carbonyl (C=O) groups is 1. The molecule has 5 heterocycles. The number of halogens is 2. The predicted molar refractivity (Wildman–Crippen MR) is 153 cm³/mol. The molecule has 4 atom stereocenters. The van der Waals surface area contributed by atoms with Crippen LogP contribution in [0.4, 0.5) is 14.5 Å². The number of alkyl halides is 1. The minimum atomic E-state index is -1.32. The minimum Gasteiger partial charge on any atom is -0.389 e. The summed E-state index contributed by atoms with van der Waals surface area (Å²) in [5.41, 5.74) is 3.35. The second-order valence-corrected chi connectivity index (χ2v) is 11.5. The van der Waals surface area contributed by atoms with E-state index in [9.17, 15) is 15.0 Å². The average Bonchev–Trinajstić information content (AvgIpc) is 3.75. The Morgan fingerprint density at radius 2 is 1.79 bits per heavy atom. The van der Waals surface area contributed by atoms with Gasteiger partial charge in [-0.3, -0.25) is 4.79 Å². The Morgan fingerprint density at radius 3 is 2.50 bits per heavy atom. The van der Waals surface area contributed by atoms with Crippen molar-refractivity contribution in [2.75, 3.05) is 24.5 Å². The van der Waals surface area contributed by atoms with Crippen LogP contribution in [0.25, 0.3) is 27.6 Å². The van der Waals surface area contributed by atoms with E-state index in [4.69, 9.17) is 0 Å². The normalized spacial score (nSPS) is 22.1. The number of thiazole rings is 1. The van der Waals surface area contributed by atoms with Crippen LogP contribution in [0.15, 0.2) is 66.2 Å². The van der Waals surface area contributed by atoms with Gasteiger partial charge in [0.05, 0.1) is 30.5 Å². The minimum absolute atomic E-state index is 0.0936. The van der Waals surface area contributed by atoms with Gasteiger partial charge in [0.25, 0.3) is 5.91 Å². The molecule has 42 heavy (non-hydrogen) atoms.